The zero-order valence-corrected chi connectivity index (χ0v) is 19.7. The van der Waals surface area contributed by atoms with Crippen molar-refractivity contribution in [3.8, 4) is 0 Å². The highest BCUT2D eigenvalue weighted by molar-refractivity contribution is 8.00. The molecule has 0 spiro atoms. The molecule has 3 rings (SSSR count). The Bertz CT molecular complexity index is 1000. The predicted molar refractivity (Wildman–Crippen MR) is 132 cm³/mol. The maximum Gasteiger partial charge on any atom is 0.317 e. The number of thioether (sulfide) groups is 1. The molecule has 32 heavy (non-hydrogen) atoms. The summed E-state index contributed by atoms with van der Waals surface area (Å²) in [5, 5.41) is 12.9. The van der Waals surface area contributed by atoms with Crippen LogP contribution in [0.4, 0.5) is 11.5 Å². The summed E-state index contributed by atoms with van der Waals surface area (Å²) in [5.74, 6) is -0.308. The maximum atomic E-state index is 11.7. The number of unbranched alkanes of at least 4 members (excludes halogenated alkanes) is 3. The van der Waals surface area contributed by atoms with Gasteiger partial charge in [0.05, 0.1) is 0 Å². The number of hydrogen-bond acceptors (Lipinski definition) is 5. The van der Waals surface area contributed by atoms with Crippen molar-refractivity contribution in [1.29, 1.82) is 0 Å². The zero-order valence-electron chi connectivity index (χ0n) is 18.1. The molecule has 0 radical (unpaired) electrons. The molecule has 0 saturated carbocycles. The van der Waals surface area contributed by atoms with Crippen LogP contribution in [0.25, 0.3) is 0 Å². The van der Waals surface area contributed by atoms with Gasteiger partial charge >= 0.3 is 5.97 Å². The molecule has 5 nitrogen and oxygen atoms in total. The number of anilines is 2. The Morgan fingerprint density at radius 3 is 2.44 bits per heavy atom. The quantitative estimate of drug-likeness (QED) is 0.129. The van der Waals surface area contributed by atoms with Gasteiger partial charge in [0.1, 0.15) is 16.2 Å². The fourth-order valence-electron chi connectivity index (χ4n) is 3.32. The molecule has 0 fully saturated rings. The van der Waals surface area contributed by atoms with Crippen LogP contribution >= 0.6 is 23.4 Å². The van der Waals surface area contributed by atoms with Gasteiger partial charge in [0.15, 0.2) is 5.16 Å². The fraction of sp³-hybridized carbons (Fsp3) is 0.320. The number of carbonyl (C=O) groups is 1. The summed E-state index contributed by atoms with van der Waals surface area (Å²) in [7, 11) is 0. The molecule has 0 aliphatic carbocycles. The van der Waals surface area contributed by atoms with Crippen LogP contribution in [0.5, 0.6) is 0 Å². The summed E-state index contributed by atoms with van der Waals surface area (Å²) < 4.78 is 0. The van der Waals surface area contributed by atoms with E-state index >= 15 is 0 Å². The first-order valence-electron chi connectivity index (χ1n) is 10.9. The molecule has 7 heteroatoms. The minimum atomic E-state index is -0.849. The van der Waals surface area contributed by atoms with Gasteiger partial charge in [-0.1, -0.05) is 98.4 Å². The van der Waals surface area contributed by atoms with Crippen LogP contribution in [0.3, 0.4) is 0 Å². The van der Waals surface area contributed by atoms with Crippen LogP contribution in [0.1, 0.15) is 50.2 Å². The molecular weight excluding hydrogens is 442 g/mol. The highest BCUT2D eigenvalue weighted by Gasteiger charge is 2.20. The van der Waals surface area contributed by atoms with Gasteiger partial charge < -0.3 is 10.4 Å². The second kappa shape index (κ2) is 12.5. The second-order valence-corrected chi connectivity index (χ2v) is 9.19. The molecule has 0 amide bonds. The van der Waals surface area contributed by atoms with E-state index in [0.717, 1.165) is 49.6 Å². The number of aliphatic carboxylic acids is 1. The van der Waals surface area contributed by atoms with Crippen molar-refractivity contribution >= 4 is 40.8 Å². The molecule has 0 aliphatic rings. The molecule has 3 aromatic rings. The largest absolute Gasteiger partial charge is 0.480 e. The molecule has 1 atom stereocenters. The van der Waals surface area contributed by atoms with E-state index in [0.29, 0.717) is 17.4 Å². The molecule has 1 aromatic heterocycles. The van der Waals surface area contributed by atoms with Crippen LogP contribution in [0, 0.1) is 0 Å². The zero-order chi connectivity index (χ0) is 22.8. The van der Waals surface area contributed by atoms with E-state index in [-0.39, 0.29) is 5.15 Å². The van der Waals surface area contributed by atoms with E-state index in [9.17, 15) is 9.90 Å². The third-order valence-electron chi connectivity index (χ3n) is 4.99. The fourth-order valence-corrected chi connectivity index (χ4v) is 4.49. The molecular formula is C25H28ClN3O2S. The van der Waals surface area contributed by atoms with Crippen LogP contribution in [-0.4, -0.2) is 26.3 Å². The molecule has 2 aromatic carbocycles. The third-order valence-corrected chi connectivity index (χ3v) is 6.30. The number of benzene rings is 2. The number of carboxylic acid groups (broad SMARTS) is 1. The highest BCUT2D eigenvalue weighted by Crippen LogP contribution is 2.28. The minimum Gasteiger partial charge on any atom is -0.480 e. The van der Waals surface area contributed by atoms with Crippen molar-refractivity contribution in [2.24, 2.45) is 0 Å². The summed E-state index contributed by atoms with van der Waals surface area (Å²) in [6.07, 6.45) is 5.59. The van der Waals surface area contributed by atoms with Crippen LogP contribution < -0.4 is 5.32 Å². The van der Waals surface area contributed by atoms with E-state index in [2.05, 4.69) is 46.5 Å². The Morgan fingerprint density at radius 2 is 1.75 bits per heavy atom. The lowest BCUT2D eigenvalue weighted by Gasteiger charge is -2.12. The van der Waals surface area contributed by atoms with Crippen molar-refractivity contribution in [1.82, 2.24) is 9.97 Å². The van der Waals surface area contributed by atoms with Crippen molar-refractivity contribution in [3.05, 3.63) is 76.9 Å². The van der Waals surface area contributed by atoms with Gasteiger partial charge in [0.25, 0.3) is 0 Å². The minimum absolute atomic E-state index is 0.279. The molecule has 1 unspecified atom stereocenters. The number of hydrogen-bond donors (Lipinski definition) is 2. The summed E-state index contributed by atoms with van der Waals surface area (Å²) in [6.45, 7) is 2.13. The molecule has 2 N–H and O–H groups in total. The molecule has 168 valence electrons. The normalized spacial score (nSPS) is 11.8. The first-order chi connectivity index (χ1) is 15.5. The smallest absolute Gasteiger partial charge is 0.317 e. The monoisotopic (exact) mass is 469 g/mol. The van der Waals surface area contributed by atoms with Gasteiger partial charge in [-0.3, -0.25) is 4.79 Å². The van der Waals surface area contributed by atoms with Crippen LogP contribution in [0.15, 0.2) is 65.8 Å². The maximum absolute atomic E-state index is 11.7. The Morgan fingerprint density at radius 1 is 1.03 bits per heavy atom. The molecule has 1 heterocycles. The van der Waals surface area contributed by atoms with Crippen LogP contribution in [-0.2, 0) is 11.2 Å². The number of rotatable bonds is 12. The van der Waals surface area contributed by atoms with Crippen molar-refractivity contribution < 1.29 is 9.90 Å². The van der Waals surface area contributed by atoms with Crippen molar-refractivity contribution in [3.63, 3.8) is 0 Å². The van der Waals surface area contributed by atoms with Gasteiger partial charge in [-0.15, -0.1) is 0 Å². The molecule has 0 saturated heterocycles. The lowest BCUT2D eigenvalue weighted by Crippen LogP contribution is -2.17. The lowest BCUT2D eigenvalue weighted by atomic mass is 10.0. The Labute approximate surface area is 198 Å². The van der Waals surface area contributed by atoms with Gasteiger partial charge in [-0.25, -0.2) is 9.97 Å². The second-order valence-electron chi connectivity index (χ2n) is 7.64. The van der Waals surface area contributed by atoms with E-state index in [4.69, 9.17) is 11.6 Å². The average molecular weight is 470 g/mol. The number of aromatic nitrogens is 2. The Balaban J connectivity index is 1.64. The molecule has 0 aliphatic heterocycles. The van der Waals surface area contributed by atoms with Crippen molar-refractivity contribution in [2.75, 3.05) is 5.32 Å². The summed E-state index contributed by atoms with van der Waals surface area (Å²) in [4.78, 5) is 20.4. The Kier molecular flexibility index (Phi) is 9.38. The number of nitrogens with zero attached hydrogens (tertiary/aromatic N) is 2. The summed E-state index contributed by atoms with van der Waals surface area (Å²) in [5.41, 5.74) is 3.35. The van der Waals surface area contributed by atoms with Gasteiger partial charge in [-0.2, -0.15) is 0 Å². The van der Waals surface area contributed by atoms with Crippen molar-refractivity contribution in [2.45, 2.75) is 55.9 Å². The summed E-state index contributed by atoms with van der Waals surface area (Å²) >= 11 is 7.34. The topological polar surface area (TPSA) is 75.1 Å². The van der Waals surface area contributed by atoms with E-state index in [1.54, 1.807) is 6.07 Å². The standard InChI is InChI=1S/C25H28ClN3O2S/c1-2-3-4-8-11-21(24(30)31)32-25-28-22(26)17-23(29-25)27-20-14-12-19(13-15-20)16-18-9-6-5-7-10-18/h5-7,9-10,12-15,17,21H,2-4,8,11,16H2,1H3,(H,30,31)(H,27,28,29). The number of halogens is 1. The summed E-state index contributed by atoms with van der Waals surface area (Å²) in [6, 6.07) is 20.1. The van der Waals surface area contributed by atoms with Gasteiger partial charge in [-0.05, 0) is 36.1 Å². The van der Waals surface area contributed by atoms with E-state index in [1.807, 2.05) is 30.3 Å². The molecule has 0 bridgehead atoms. The predicted octanol–water partition coefficient (Wildman–Crippen LogP) is 6.98. The third kappa shape index (κ3) is 7.84. The highest BCUT2D eigenvalue weighted by atomic mass is 35.5. The number of nitrogens with one attached hydrogen (secondary N) is 1. The average Bonchev–Trinajstić information content (AvgIpc) is 2.77. The first-order valence-corrected chi connectivity index (χ1v) is 12.1. The van der Waals surface area contributed by atoms with Gasteiger partial charge in [0, 0.05) is 11.8 Å². The lowest BCUT2D eigenvalue weighted by molar-refractivity contribution is -0.136. The van der Waals surface area contributed by atoms with E-state index in [1.165, 1.54) is 11.1 Å². The van der Waals surface area contributed by atoms with E-state index < -0.39 is 11.2 Å². The SMILES string of the molecule is CCCCCCC(Sc1nc(Cl)cc(Nc2ccc(Cc3ccccc3)cc2)n1)C(=O)O. The van der Waals surface area contributed by atoms with Crippen LogP contribution in [0.2, 0.25) is 5.15 Å². The number of carboxylic acids is 1. The first kappa shape index (κ1) is 24.1. The van der Waals surface area contributed by atoms with Gasteiger partial charge in [0.2, 0.25) is 0 Å². The Hall–Kier alpha value is -2.57.